The van der Waals surface area contributed by atoms with Crippen molar-refractivity contribution >= 4 is 0 Å². The van der Waals surface area contributed by atoms with Crippen molar-refractivity contribution in [2.24, 2.45) is 0 Å². The number of rotatable bonds is 4. The highest BCUT2D eigenvalue weighted by molar-refractivity contribution is 4.95. The fourth-order valence-electron chi connectivity index (χ4n) is 1.23. The second kappa shape index (κ2) is 4.26. The first-order valence-corrected chi connectivity index (χ1v) is 4.48. The number of nitrogens with zero attached hydrogens (tertiary/aromatic N) is 2. The van der Waals surface area contributed by atoms with Crippen LogP contribution >= 0.6 is 0 Å². The Labute approximate surface area is 73.1 Å². The standard InChI is InChI=1S/C9H16N2O/c1-3-6-11-7-5-10-9(11)8(12)4-2/h5,7-8,12H,3-4,6H2,1-2H3. The topological polar surface area (TPSA) is 38.0 Å². The Hall–Kier alpha value is -0.830. The van der Waals surface area contributed by atoms with Gasteiger partial charge in [0, 0.05) is 18.9 Å². The molecule has 0 radical (unpaired) electrons. The number of aliphatic hydroxyl groups is 1. The van der Waals surface area contributed by atoms with Crippen molar-refractivity contribution in [1.82, 2.24) is 9.55 Å². The highest BCUT2D eigenvalue weighted by atomic mass is 16.3. The van der Waals surface area contributed by atoms with Crippen molar-refractivity contribution in [2.45, 2.75) is 39.3 Å². The molecular formula is C9H16N2O. The van der Waals surface area contributed by atoms with Crippen molar-refractivity contribution < 1.29 is 5.11 Å². The lowest BCUT2D eigenvalue weighted by atomic mass is 10.2. The summed E-state index contributed by atoms with van der Waals surface area (Å²) in [6, 6.07) is 0. The minimum atomic E-state index is -0.411. The zero-order valence-electron chi connectivity index (χ0n) is 7.70. The number of aryl methyl sites for hydroxylation is 1. The first-order valence-electron chi connectivity index (χ1n) is 4.48. The van der Waals surface area contributed by atoms with Crippen LogP contribution in [0, 0.1) is 0 Å². The summed E-state index contributed by atoms with van der Waals surface area (Å²) in [6.45, 7) is 5.00. The van der Waals surface area contributed by atoms with Gasteiger partial charge in [-0.3, -0.25) is 0 Å². The molecule has 0 spiro atoms. The molecule has 0 bridgehead atoms. The van der Waals surface area contributed by atoms with Gasteiger partial charge in [-0.05, 0) is 12.8 Å². The van der Waals surface area contributed by atoms with Gasteiger partial charge in [0.25, 0.3) is 0 Å². The van der Waals surface area contributed by atoms with Gasteiger partial charge in [0.05, 0.1) is 0 Å². The van der Waals surface area contributed by atoms with E-state index in [1.54, 1.807) is 6.20 Å². The Bertz CT molecular complexity index is 232. The molecule has 0 saturated carbocycles. The van der Waals surface area contributed by atoms with Crippen molar-refractivity contribution in [3.63, 3.8) is 0 Å². The average molecular weight is 168 g/mol. The number of aromatic nitrogens is 2. The maximum absolute atomic E-state index is 9.54. The molecular weight excluding hydrogens is 152 g/mol. The first kappa shape index (κ1) is 9.26. The Morgan fingerprint density at radius 3 is 2.92 bits per heavy atom. The van der Waals surface area contributed by atoms with Crippen LogP contribution < -0.4 is 0 Å². The van der Waals surface area contributed by atoms with Crippen LogP contribution in [0.1, 0.15) is 38.6 Å². The molecule has 0 amide bonds. The molecule has 1 atom stereocenters. The van der Waals surface area contributed by atoms with Crippen LogP contribution in [0.15, 0.2) is 12.4 Å². The predicted octanol–water partition coefficient (Wildman–Crippen LogP) is 1.74. The van der Waals surface area contributed by atoms with Crippen LogP contribution in [0.3, 0.4) is 0 Å². The van der Waals surface area contributed by atoms with Crippen LogP contribution in [-0.2, 0) is 6.54 Å². The summed E-state index contributed by atoms with van der Waals surface area (Å²) in [6.07, 6.45) is 5.04. The molecule has 0 aliphatic rings. The van der Waals surface area contributed by atoms with E-state index >= 15 is 0 Å². The Morgan fingerprint density at radius 1 is 1.58 bits per heavy atom. The average Bonchev–Trinajstić information content (AvgIpc) is 2.52. The SMILES string of the molecule is CCCn1ccnc1C(O)CC. The lowest BCUT2D eigenvalue weighted by Crippen LogP contribution is -2.07. The molecule has 0 saturated heterocycles. The van der Waals surface area contributed by atoms with Crippen molar-refractivity contribution in [3.8, 4) is 0 Å². The monoisotopic (exact) mass is 168 g/mol. The van der Waals surface area contributed by atoms with E-state index in [-0.39, 0.29) is 0 Å². The molecule has 68 valence electrons. The second-order valence-electron chi connectivity index (χ2n) is 2.90. The quantitative estimate of drug-likeness (QED) is 0.743. The molecule has 12 heavy (non-hydrogen) atoms. The lowest BCUT2D eigenvalue weighted by molar-refractivity contribution is 0.159. The smallest absolute Gasteiger partial charge is 0.137 e. The van der Waals surface area contributed by atoms with E-state index in [9.17, 15) is 5.11 Å². The molecule has 1 N–H and O–H groups in total. The second-order valence-corrected chi connectivity index (χ2v) is 2.90. The van der Waals surface area contributed by atoms with E-state index in [0.29, 0.717) is 0 Å². The molecule has 3 nitrogen and oxygen atoms in total. The van der Waals surface area contributed by atoms with Crippen molar-refractivity contribution in [1.29, 1.82) is 0 Å². The van der Waals surface area contributed by atoms with Crippen molar-refractivity contribution in [2.75, 3.05) is 0 Å². The van der Waals surface area contributed by atoms with Gasteiger partial charge >= 0.3 is 0 Å². The third kappa shape index (κ3) is 1.85. The van der Waals surface area contributed by atoms with Crippen LogP contribution in [-0.4, -0.2) is 14.7 Å². The number of aliphatic hydroxyl groups excluding tert-OH is 1. The molecule has 1 aromatic heterocycles. The third-order valence-corrected chi connectivity index (χ3v) is 1.90. The van der Waals surface area contributed by atoms with Gasteiger partial charge in [-0.15, -0.1) is 0 Å². The minimum Gasteiger partial charge on any atom is -0.385 e. The van der Waals surface area contributed by atoms with Gasteiger partial charge in [-0.1, -0.05) is 13.8 Å². The van der Waals surface area contributed by atoms with Crippen LogP contribution in [0.25, 0.3) is 0 Å². The van der Waals surface area contributed by atoms with E-state index in [1.807, 2.05) is 17.7 Å². The van der Waals surface area contributed by atoms with E-state index in [0.717, 1.165) is 25.2 Å². The first-order chi connectivity index (χ1) is 5.79. The van der Waals surface area contributed by atoms with Gasteiger partial charge in [-0.25, -0.2) is 4.98 Å². The molecule has 0 aliphatic heterocycles. The maximum Gasteiger partial charge on any atom is 0.137 e. The van der Waals surface area contributed by atoms with Crippen LogP contribution in [0.2, 0.25) is 0 Å². The van der Waals surface area contributed by atoms with E-state index < -0.39 is 6.10 Å². The molecule has 1 unspecified atom stereocenters. The third-order valence-electron chi connectivity index (χ3n) is 1.90. The minimum absolute atomic E-state index is 0.411. The summed E-state index contributed by atoms with van der Waals surface area (Å²) < 4.78 is 2.01. The molecule has 0 aliphatic carbocycles. The van der Waals surface area contributed by atoms with Crippen molar-refractivity contribution in [3.05, 3.63) is 18.2 Å². The summed E-state index contributed by atoms with van der Waals surface area (Å²) in [7, 11) is 0. The molecule has 3 heteroatoms. The Kier molecular flexibility index (Phi) is 3.29. The summed E-state index contributed by atoms with van der Waals surface area (Å²) in [4.78, 5) is 4.12. The Balaban J connectivity index is 2.76. The van der Waals surface area contributed by atoms with E-state index in [4.69, 9.17) is 0 Å². The molecule has 1 rings (SSSR count). The fourth-order valence-corrected chi connectivity index (χ4v) is 1.23. The van der Waals surface area contributed by atoms with Gasteiger partial charge < -0.3 is 9.67 Å². The van der Waals surface area contributed by atoms with Crippen LogP contribution in [0.5, 0.6) is 0 Å². The van der Waals surface area contributed by atoms with E-state index in [1.165, 1.54) is 0 Å². The molecule has 1 aromatic rings. The summed E-state index contributed by atoms with van der Waals surface area (Å²) in [5.74, 6) is 0.791. The maximum atomic E-state index is 9.54. The van der Waals surface area contributed by atoms with Gasteiger partial charge in [-0.2, -0.15) is 0 Å². The summed E-state index contributed by atoms with van der Waals surface area (Å²) >= 11 is 0. The molecule has 0 fully saturated rings. The van der Waals surface area contributed by atoms with E-state index in [2.05, 4.69) is 11.9 Å². The largest absolute Gasteiger partial charge is 0.385 e. The summed E-state index contributed by atoms with van der Waals surface area (Å²) in [5, 5.41) is 9.54. The number of hydrogen-bond donors (Lipinski definition) is 1. The highest BCUT2D eigenvalue weighted by Gasteiger charge is 2.10. The normalized spacial score (nSPS) is 13.2. The van der Waals surface area contributed by atoms with Crippen LogP contribution in [0.4, 0.5) is 0 Å². The molecule has 1 heterocycles. The lowest BCUT2D eigenvalue weighted by Gasteiger charge is -2.09. The highest BCUT2D eigenvalue weighted by Crippen LogP contribution is 2.13. The fraction of sp³-hybridized carbons (Fsp3) is 0.667. The molecule has 0 aromatic carbocycles. The number of imidazole rings is 1. The van der Waals surface area contributed by atoms with Gasteiger partial charge in [0.2, 0.25) is 0 Å². The zero-order valence-corrected chi connectivity index (χ0v) is 7.70. The Morgan fingerprint density at radius 2 is 2.33 bits per heavy atom. The number of hydrogen-bond acceptors (Lipinski definition) is 2. The van der Waals surface area contributed by atoms with Gasteiger partial charge in [0.15, 0.2) is 0 Å². The summed E-state index contributed by atoms with van der Waals surface area (Å²) in [5.41, 5.74) is 0. The predicted molar refractivity (Wildman–Crippen MR) is 47.8 cm³/mol. The zero-order chi connectivity index (χ0) is 8.97. The van der Waals surface area contributed by atoms with Gasteiger partial charge in [0.1, 0.15) is 11.9 Å².